The molecule has 1 aromatic carbocycles. The molecule has 1 N–H and O–H groups in total. The molecule has 0 fully saturated rings. The monoisotopic (exact) mass is 327 g/mol. The number of aryl methyl sites for hydroxylation is 2. The number of amides is 1. The van der Waals surface area contributed by atoms with Crippen molar-refractivity contribution in [2.75, 3.05) is 0 Å². The first-order valence-electron chi connectivity index (χ1n) is 7.99. The topological polar surface area (TPSA) is 85.8 Å². The van der Waals surface area contributed by atoms with Gasteiger partial charge in [0.25, 0.3) is 5.91 Å². The zero-order chi connectivity index (χ0) is 17.3. The lowest BCUT2D eigenvalue weighted by atomic mass is 10.0. The average Bonchev–Trinajstić information content (AvgIpc) is 3.10. The fraction of sp³-hybridized carbons (Fsp3) is 0.412. The molecule has 0 spiro atoms. The van der Waals surface area contributed by atoms with E-state index >= 15 is 0 Å². The Labute approximate surface area is 140 Å². The van der Waals surface area contributed by atoms with Crippen molar-refractivity contribution in [1.82, 2.24) is 25.5 Å². The third-order valence-electron chi connectivity index (χ3n) is 4.17. The molecule has 0 radical (unpaired) electrons. The Kier molecular flexibility index (Phi) is 4.33. The van der Waals surface area contributed by atoms with Crippen molar-refractivity contribution in [3.63, 3.8) is 0 Å². The van der Waals surface area contributed by atoms with Gasteiger partial charge in [-0.1, -0.05) is 36.4 Å². The van der Waals surface area contributed by atoms with Crippen LogP contribution in [0.4, 0.5) is 0 Å². The number of rotatable bonds is 5. The van der Waals surface area contributed by atoms with Crippen LogP contribution < -0.4 is 5.32 Å². The second kappa shape index (κ2) is 6.43. The van der Waals surface area contributed by atoms with Gasteiger partial charge in [-0.05, 0) is 31.9 Å². The van der Waals surface area contributed by atoms with Crippen molar-refractivity contribution in [2.24, 2.45) is 5.92 Å². The second-order valence-electron chi connectivity index (χ2n) is 6.28. The van der Waals surface area contributed by atoms with E-state index in [1.165, 1.54) is 0 Å². The largest absolute Gasteiger partial charge is 0.361 e. The summed E-state index contributed by atoms with van der Waals surface area (Å²) >= 11 is 0. The van der Waals surface area contributed by atoms with Crippen LogP contribution in [0.5, 0.6) is 0 Å². The number of aromatic nitrogens is 4. The lowest BCUT2D eigenvalue weighted by Gasteiger charge is -2.22. The summed E-state index contributed by atoms with van der Waals surface area (Å²) in [6, 6.07) is 7.70. The van der Waals surface area contributed by atoms with Crippen LogP contribution in [-0.4, -0.2) is 32.1 Å². The van der Waals surface area contributed by atoms with E-state index in [4.69, 9.17) is 4.52 Å². The van der Waals surface area contributed by atoms with Gasteiger partial charge in [-0.3, -0.25) is 4.79 Å². The average molecular weight is 327 g/mol. The summed E-state index contributed by atoms with van der Waals surface area (Å²) in [7, 11) is 0. The van der Waals surface area contributed by atoms with Gasteiger partial charge in [0.05, 0.1) is 23.8 Å². The summed E-state index contributed by atoms with van der Waals surface area (Å²) in [6.07, 6.45) is 0. The first kappa shape index (κ1) is 16.2. The normalized spacial score (nSPS) is 12.7. The Hall–Kier alpha value is -2.70. The number of hydrogen-bond donors (Lipinski definition) is 1. The van der Waals surface area contributed by atoms with Crippen molar-refractivity contribution in [2.45, 2.75) is 40.3 Å². The lowest BCUT2D eigenvalue weighted by molar-refractivity contribution is 0.0917. The zero-order valence-corrected chi connectivity index (χ0v) is 14.3. The van der Waals surface area contributed by atoms with E-state index in [2.05, 4.69) is 34.6 Å². The molecule has 126 valence electrons. The molecule has 2 aromatic heterocycles. The molecular weight excluding hydrogens is 306 g/mol. The van der Waals surface area contributed by atoms with Crippen LogP contribution in [0.3, 0.4) is 0 Å². The summed E-state index contributed by atoms with van der Waals surface area (Å²) < 4.78 is 6.91. The Morgan fingerprint density at radius 2 is 2.04 bits per heavy atom. The summed E-state index contributed by atoms with van der Waals surface area (Å²) in [5.74, 6) is 0.588. The number of carbonyl (C=O) groups excluding carboxylic acids is 1. The highest BCUT2D eigenvalue weighted by molar-refractivity contribution is 5.96. The van der Waals surface area contributed by atoms with E-state index in [-0.39, 0.29) is 17.9 Å². The fourth-order valence-corrected chi connectivity index (χ4v) is 2.71. The molecule has 1 atom stereocenters. The molecule has 0 aliphatic carbocycles. The molecule has 1 amide bonds. The van der Waals surface area contributed by atoms with Gasteiger partial charge >= 0.3 is 0 Å². The third-order valence-corrected chi connectivity index (χ3v) is 4.17. The maximum atomic E-state index is 12.6. The van der Waals surface area contributed by atoms with Crippen LogP contribution in [0.15, 0.2) is 28.8 Å². The van der Waals surface area contributed by atoms with Crippen LogP contribution >= 0.6 is 0 Å². The quantitative estimate of drug-likeness (QED) is 0.778. The van der Waals surface area contributed by atoms with E-state index in [9.17, 15) is 4.79 Å². The Bertz CT molecular complexity index is 845. The van der Waals surface area contributed by atoms with Crippen molar-refractivity contribution < 1.29 is 9.32 Å². The molecule has 0 unspecified atom stereocenters. The molecule has 0 aliphatic heterocycles. The number of benzene rings is 1. The van der Waals surface area contributed by atoms with E-state index in [0.29, 0.717) is 23.6 Å². The molecule has 7 nitrogen and oxygen atoms in total. The van der Waals surface area contributed by atoms with E-state index in [1.54, 1.807) is 13.8 Å². The van der Waals surface area contributed by atoms with Gasteiger partial charge in [0.2, 0.25) is 0 Å². The fourth-order valence-electron chi connectivity index (χ4n) is 2.71. The standard InChI is InChI=1S/C17H21N5O2/c1-10(2)14(18-17(23)16-11(3)20-24-12(16)4)9-22-15-8-6-5-7-13(15)19-21-22/h5-8,10,14H,9H2,1-4H3,(H,18,23)/t14-/m1/s1. The molecule has 2 heterocycles. The zero-order valence-electron chi connectivity index (χ0n) is 14.3. The van der Waals surface area contributed by atoms with Crippen LogP contribution in [-0.2, 0) is 6.54 Å². The van der Waals surface area contributed by atoms with Gasteiger partial charge in [-0.2, -0.15) is 0 Å². The highest BCUT2D eigenvalue weighted by Crippen LogP contribution is 2.15. The Balaban J connectivity index is 1.82. The molecule has 7 heteroatoms. The highest BCUT2D eigenvalue weighted by atomic mass is 16.5. The first-order valence-corrected chi connectivity index (χ1v) is 7.99. The molecule has 0 aliphatic rings. The summed E-state index contributed by atoms with van der Waals surface area (Å²) in [6.45, 7) is 8.19. The number of fused-ring (bicyclic) bond motifs is 1. The van der Waals surface area contributed by atoms with E-state index in [0.717, 1.165) is 11.0 Å². The van der Waals surface area contributed by atoms with E-state index < -0.39 is 0 Å². The van der Waals surface area contributed by atoms with Crippen molar-refractivity contribution in [1.29, 1.82) is 0 Å². The number of hydrogen-bond acceptors (Lipinski definition) is 5. The molecule has 3 aromatic rings. The van der Waals surface area contributed by atoms with Gasteiger partial charge in [0, 0.05) is 0 Å². The predicted octanol–water partition coefficient (Wildman–Crippen LogP) is 2.49. The SMILES string of the molecule is Cc1noc(C)c1C(=O)N[C@H](Cn1nnc2ccccc21)C(C)C. The van der Waals surface area contributed by atoms with Crippen LogP contribution in [0.2, 0.25) is 0 Å². The summed E-state index contributed by atoms with van der Waals surface area (Å²) in [5.41, 5.74) is 2.90. The minimum absolute atomic E-state index is 0.0868. The molecular formula is C17H21N5O2. The van der Waals surface area contributed by atoms with Gasteiger partial charge in [-0.25, -0.2) is 4.68 Å². The number of carbonyl (C=O) groups is 1. The number of nitrogens with zero attached hydrogens (tertiary/aromatic N) is 4. The molecule has 0 saturated heterocycles. The van der Waals surface area contributed by atoms with Crippen molar-refractivity contribution in [3.8, 4) is 0 Å². The smallest absolute Gasteiger partial charge is 0.257 e. The van der Waals surface area contributed by atoms with E-state index in [1.807, 2.05) is 28.9 Å². The molecule has 0 bridgehead atoms. The first-order chi connectivity index (χ1) is 11.5. The minimum Gasteiger partial charge on any atom is -0.361 e. The minimum atomic E-state index is -0.172. The Morgan fingerprint density at radius 1 is 1.29 bits per heavy atom. The van der Waals surface area contributed by atoms with Crippen LogP contribution in [0, 0.1) is 19.8 Å². The van der Waals surface area contributed by atoms with Crippen molar-refractivity contribution >= 4 is 16.9 Å². The van der Waals surface area contributed by atoms with Gasteiger partial charge in [0.1, 0.15) is 16.8 Å². The van der Waals surface area contributed by atoms with Gasteiger partial charge < -0.3 is 9.84 Å². The Morgan fingerprint density at radius 3 is 2.71 bits per heavy atom. The summed E-state index contributed by atoms with van der Waals surface area (Å²) in [4.78, 5) is 12.6. The number of nitrogens with one attached hydrogen (secondary N) is 1. The second-order valence-corrected chi connectivity index (χ2v) is 6.28. The number of para-hydroxylation sites is 1. The van der Waals surface area contributed by atoms with Crippen molar-refractivity contribution in [3.05, 3.63) is 41.3 Å². The lowest BCUT2D eigenvalue weighted by Crippen LogP contribution is -2.42. The highest BCUT2D eigenvalue weighted by Gasteiger charge is 2.23. The van der Waals surface area contributed by atoms with Gasteiger partial charge in [-0.15, -0.1) is 5.10 Å². The van der Waals surface area contributed by atoms with Crippen LogP contribution in [0.1, 0.15) is 35.7 Å². The van der Waals surface area contributed by atoms with Gasteiger partial charge in [0.15, 0.2) is 0 Å². The predicted molar refractivity (Wildman–Crippen MR) is 89.6 cm³/mol. The third kappa shape index (κ3) is 3.02. The summed E-state index contributed by atoms with van der Waals surface area (Å²) in [5, 5.41) is 15.3. The maximum absolute atomic E-state index is 12.6. The molecule has 24 heavy (non-hydrogen) atoms. The van der Waals surface area contributed by atoms with Crippen LogP contribution in [0.25, 0.3) is 11.0 Å². The maximum Gasteiger partial charge on any atom is 0.257 e. The molecule has 0 saturated carbocycles. The molecule has 3 rings (SSSR count).